The molecule has 0 bridgehead atoms. The predicted molar refractivity (Wildman–Crippen MR) is 134 cm³/mol. The maximum absolute atomic E-state index is 4.52. The first-order valence-corrected chi connectivity index (χ1v) is 11.1. The van der Waals surface area contributed by atoms with Crippen molar-refractivity contribution in [3.63, 3.8) is 0 Å². The molecular formula is C28H24N6. The Morgan fingerprint density at radius 2 is 0.618 bits per heavy atom. The van der Waals surface area contributed by atoms with Crippen LogP contribution in [0.5, 0.6) is 0 Å². The van der Waals surface area contributed by atoms with E-state index in [0.717, 1.165) is 56.7 Å². The van der Waals surface area contributed by atoms with Crippen molar-refractivity contribution in [3.8, 4) is 45.0 Å². The Kier molecular flexibility index (Phi) is 5.64. The summed E-state index contributed by atoms with van der Waals surface area (Å²) in [4.78, 5) is 26.6. The monoisotopic (exact) mass is 444 g/mol. The van der Waals surface area contributed by atoms with Crippen LogP contribution in [0.1, 0.15) is 23.3 Å². The largest absolute Gasteiger partial charge is 0.219 e. The number of aromatic nitrogens is 6. The highest BCUT2D eigenvalue weighted by Gasteiger charge is 2.09. The zero-order valence-corrected chi connectivity index (χ0v) is 19.6. The highest BCUT2D eigenvalue weighted by Crippen LogP contribution is 2.30. The first-order chi connectivity index (χ1) is 16.4. The van der Waals surface area contributed by atoms with Crippen LogP contribution in [0.25, 0.3) is 45.0 Å². The molecule has 0 aliphatic carbocycles. The summed E-state index contributed by atoms with van der Waals surface area (Å²) in [6, 6.07) is 25.1. The molecule has 2 heterocycles. The highest BCUT2D eigenvalue weighted by molar-refractivity contribution is 5.77. The van der Waals surface area contributed by atoms with Crippen LogP contribution in [-0.2, 0) is 0 Å². The van der Waals surface area contributed by atoms with Crippen LogP contribution in [0.15, 0.2) is 72.8 Å². The van der Waals surface area contributed by atoms with E-state index in [1.54, 1.807) is 0 Å². The summed E-state index contributed by atoms with van der Waals surface area (Å²) in [5, 5.41) is 0. The van der Waals surface area contributed by atoms with Crippen LogP contribution >= 0.6 is 0 Å². The molecule has 0 unspecified atom stereocenters. The van der Waals surface area contributed by atoms with Crippen LogP contribution in [0.4, 0.5) is 0 Å². The van der Waals surface area contributed by atoms with Crippen molar-refractivity contribution in [1.82, 2.24) is 29.9 Å². The van der Waals surface area contributed by atoms with Gasteiger partial charge in [-0.3, -0.25) is 0 Å². The van der Waals surface area contributed by atoms with Crippen molar-refractivity contribution in [1.29, 1.82) is 0 Å². The summed E-state index contributed by atoms with van der Waals surface area (Å²) in [5.41, 5.74) is 6.40. The fraction of sp³-hybridized carbons (Fsp3) is 0.143. The van der Waals surface area contributed by atoms with Crippen LogP contribution in [0, 0.1) is 27.7 Å². The van der Waals surface area contributed by atoms with E-state index in [1.165, 1.54) is 0 Å². The Morgan fingerprint density at radius 3 is 0.941 bits per heavy atom. The van der Waals surface area contributed by atoms with Crippen LogP contribution < -0.4 is 0 Å². The molecule has 2 aromatic heterocycles. The smallest absolute Gasteiger partial charge is 0.163 e. The van der Waals surface area contributed by atoms with Gasteiger partial charge >= 0.3 is 0 Å². The number of hydrogen-bond donors (Lipinski definition) is 0. The standard InChI is InChI=1S/C28H24N6/c1-17-29-18(2)32-27(31-17)25-12-6-10-23(15-25)21-8-5-9-22(14-21)24-11-7-13-26(16-24)28-33-19(3)30-20(4)34-28/h5-16H,1-4H3. The number of aryl methyl sites for hydroxylation is 4. The highest BCUT2D eigenvalue weighted by atomic mass is 15.0. The lowest BCUT2D eigenvalue weighted by Crippen LogP contribution is -1.99. The Balaban J connectivity index is 1.52. The van der Waals surface area contributed by atoms with Gasteiger partial charge in [0.1, 0.15) is 23.3 Å². The molecule has 0 N–H and O–H groups in total. The third kappa shape index (κ3) is 4.57. The molecule has 0 saturated heterocycles. The molecule has 0 fully saturated rings. The molecular weight excluding hydrogens is 420 g/mol. The normalized spacial score (nSPS) is 10.9. The van der Waals surface area contributed by atoms with Crippen LogP contribution in [0.2, 0.25) is 0 Å². The molecule has 0 spiro atoms. The van der Waals surface area contributed by atoms with Gasteiger partial charge < -0.3 is 0 Å². The molecule has 0 saturated carbocycles. The van der Waals surface area contributed by atoms with Gasteiger partial charge in [-0.15, -0.1) is 0 Å². The Bertz CT molecular complexity index is 1360. The zero-order valence-electron chi connectivity index (χ0n) is 19.6. The summed E-state index contributed by atoms with van der Waals surface area (Å²) in [5.74, 6) is 4.27. The van der Waals surface area contributed by atoms with Crippen molar-refractivity contribution in [3.05, 3.63) is 96.1 Å². The third-order valence-corrected chi connectivity index (χ3v) is 5.49. The minimum Gasteiger partial charge on any atom is -0.219 e. The summed E-state index contributed by atoms with van der Waals surface area (Å²) in [6.07, 6.45) is 0. The second-order valence-corrected chi connectivity index (χ2v) is 8.25. The molecule has 0 atom stereocenters. The molecule has 34 heavy (non-hydrogen) atoms. The van der Waals surface area contributed by atoms with Crippen molar-refractivity contribution < 1.29 is 0 Å². The number of hydrogen-bond acceptors (Lipinski definition) is 6. The second kappa shape index (κ2) is 8.90. The molecule has 5 rings (SSSR count). The third-order valence-electron chi connectivity index (χ3n) is 5.49. The number of nitrogens with zero attached hydrogens (tertiary/aromatic N) is 6. The number of rotatable bonds is 4. The maximum Gasteiger partial charge on any atom is 0.163 e. The fourth-order valence-electron chi connectivity index (χ4n) is 4.04. The van der Waals surface area contributed by atoms with Crippen molar-refractivity contribution in [2.75, 3.05) is 0 Å². The van der Waals surface area contributed by atoms with E-state index >= 15 is 0 Å². The average molecular weight is 445 g/mol. The Hall–Kier alpha value is -4.32. The second-order valence-electron chi connectivity index (χ2n) is 8.25. The summed E-state index contributed by atoms with van der Waals surface area (Å²) in [6.45, 7) is 7.55. The van der Waals surface area contributed by atoms with Crippen molar-refractivity contribution in [2.24, 2.45) is 0 Å². The summed E-state index contributed by atoms with van der Waals surface area (Å²) >= 11 is 0. The Morgan fingerprint density at radius 1 is 0.353 bits per heavy atom. The summed E-state index contributed by atoms with van der Waals surface area (Å²) in [7, 11) is 0. The average Bonchev–Trinajstić information content (AvgIpc) is 2.83. The van der Waals surface area contributed by atoms with Gasteiger partial charge in [0.2, 0.25) is 0 Å². The van der Waals surface area contributed by atoms with E-state index in [0.29, 0.717) is 11.6 Å². The molecule has 5 aromatic rings. The molecule has 6 heteroatoms. The van der Waals surface area contributed by atoms with Crippen LogP contribution in [-0.4, -0.2) is 29.9 Å². The molecule has 0 aliphatic heterocycles. The van der Waals surface area contributed by atoms with E-state index in [9.17, 15) is 0 Å². The lowest BCUT2D eigenvalue weighted by Gasteiger charge is -2.10. The summed E-state index contributed by atoms with van der Waals surface area (Å²) < 4.78 is 0. The lowest BCUT2D eigenvalue weighted by atomic mass is 9.97. The first-order valence-electron chi connectivity index (χ1n) is 11.1. The molecule has 166 valence electrons. The van der Waals surface area contributed by atoms with Gasteiger partial charge in [0.25, 0.3) is 0 Å². The van der Waals surface area contributed by atoms with Crippen molar-refractivity contribution in [2.45, 2.75) is 27.7 Å². The van der Waals surface area contributed by atoms with Gasteiger partial charge in [0, 0.05) is 11.1 Å². The van der Waals surface area contributed by atoms with Gasteiger partial charge in [0.15, 0.2) is 11.6 Å². The van der Waals surface area contributed by atoms with E-state index in [4.69, 9.17) is 0 Å². The molecule has 0 aliphatic rings. The van der Waals surface area contributed by atoms with Crippen LogP contribution in [0.3, 0.4) is 0 Å². The van der Waals surface area contributed by atoms with E-state index in [-0.39, 0.29) is 0 Å². The first kappa shape index (κ1) is 21.5. The van der Waals surface area contributed by atoms with E-state index in [1.807, 2.05) is 52.0 Å². The maximum atomic E-state index is 4.52. The molecule has 0 radical (unpaired) electrons. The van der Waals surface area contributed by atoms with E-state index in [2.05, 4.69) is 78.4 Å². The molecule has 6 nitrogen and oxygen atoms in total. The van der Waals surface area contributed by atoms with Crippen molar-refractivity contribution >= 4 is 0 Å². The Labute approximate surface area is 198 Å². The minimum atomic E-state index is 0.693. The minimum absolute atomic E-state index is 0.693. The van der Waals surface area contributed by atoms with Gasteiger partial charge in [0.05, 0.1) is 0 Å². The fourth-order valence-corrected chi connectivity index (χ4v) is 4.04. The van der Waals surface area contributed by atoms with Gasteiger partial charge in [-0.05, 0) is 68.1 Å². The van der Waals surface area contributed by atoms with E-state index < -0.39 is 0 Å². The number of benzene rings is 3. The van der Waals surface area contributed by atoms with Gasteiger partial charge in [-0.2, -0.15) is 0 Å². The van der Waals surface area contributed by atoms with Gasteiger partial charge in [-0.1, -0.05) is 54.6 Å². The lowest BCUT2D eigenvalue weighted by molar-refractivity contribution is 0.928. The van der Waals surface area contributed by atoms with Gasteiger partial charge in [-0.25, -0.2) is 29.9 Å². The topological polar surface area (TPSA) is 77.3 Å². The molecule has 0 amide bonds. The molecule has 3 aromatic carbocycles. The predicted octanol–water partition coefficient (Wildman–Crippen LogP) is 5.96. The zero-order chi connectivity index (χ0) is 23.7. The SMILES string of the molecule is Cc1nc(C)nc(-c2cccc(-c3cccc(-c4cccc(-c5nc(C)nc(C)n5)c4)c3)c2)n1. The quantitative estimate of drug-likeness (QED) is 0.340.